The third-order valence-corrected chi connectivity index (χ3v) is 3.19. The minimum atomic E-state index is -0.510. The number of benzene rings is 1. The van der Waals surface area contributed by atoms with E-state index in [-0.39, 0.29) is 0 Å². The lowest BCUT2D eigenvalue weighted by Crippen LogP contribution is -2.28. The average Bonchev–Trinajstić information content (AvgIpc) is 2.63. The Hall–Kier alpha value is -3.00. The zero-order chi connectivity index (χ0) is 17.4. The highest BCUT2D eigenvalue weighted by molar-refractivity contribution is 7.80. The second kappa shape index (κ2) is 8.59. The maximum absolute atomic E-state index is 12.1. The molecule has 0 spiro atoms. The lowest BCUT2D eigenvalue weighted by Gasteiger charge is -2.09. The monoisotopic (exact) mass is 344 g/mol. The van der Waals surface area contributed by atoms with Crippen molar-refractivity contribution in [2.45, 2.75) is 0 Å². The summed E-state index contributed by atoms with van der Waals surface area (Å²) in [6.45, 7) is 0. The maximum atomic E-state index is 12.1. The quantitative estimate of drug-likeness (QED) is 0.281. The maximum Gasteiger partial charge on any atom is 0.345 e. The van der Waals surface area contributed by atoms with Gasteiger partial charge in [-0.15, -0.1) is 0 Å². The number of hydrogen-bond donors (Lipinski definition) is 2. The highest BCUT2D eigenvalue weighted by Gasteiger charge is 2.12. The highest BCUT2D eigenvalue weighted by Crippen LogP contribution is 2.28. The number of nitrogens with one attached hydrogen (secondary N) is 2. The predicted octanol–water partition coefficient (Wildman–Crippen LogP) is 1.74. The third-order valence-electron chi connectivity index (χ3n) is 2.89. The predicted molar refractivity (Wildman–Crippen MR) is 94.6 cm³/mol. The summed E-state index contributed by atoms with van der Waals surface area (Å²) in [5.74, 6) is 0.207. The lowest BCUT2D eigenvalue weighted by atomic mass is 10.2. The number of hydrogen-bond acceptors (Lipinski definition) is 6. The van der Waals surface area contributed by atoms with Crippen molar-refractivity contribution < 1.29 is 14.3 Å². The Morgan fingerprint density at radius 1 is 1.33 bits per heavy atom. The summed E-state index contributed by atoms with van der Waals surface area (Å²) in [5.41, 5.74) is 3.75. The van der Waals surface area contributed by atoms with Crippen molar-refractivity contribution in [3.63, 3.8) is 0 Å². The van der Waals surface area contributed by atoms with E-state index in [0.29, 0.717) is 22.2 Å². The van der Waals surface area contributed by atoms with Gasteiger partial charge in [-0.3, -0.25) is 10.4 Å². The van der Waals surface area contributed by atoms with Crippen molar-refractivity contribution in [1.82, 2.24) is 15.7 Å². The Kier molecular flexibility index (Phi) is 6.21. The summed E-state index contributed by atoms with van der Waals surface area (Å²) in [5, 5.41) is 7.12. The fraction of sp³-hybridized carbons (Fsp3) is 0.125. The molecule has 0 bridgehead atoms. The number of carbonyl (C=O) groups is 1. The topological polar surface area (TPSA) is 84.8 Å². The summed E-state index contributed by atoms with van der Waals surface area (Å²) in [4.78, 5) is 16.0. The zero-order valence-corrected chi connectivity index (χ0v) is 14.0. The van der Waals surface area contributed by atoms with Gasteiger partial charge in [0.1, 0.15) is 0 Å². The minimum absolute atomic E-state index is 0.308. The van der Waals surface area contributed by atoms with Crippen LogP contribution in [0.15, 0.2) is 47.8 Å². The molecule has 0 saturated heterocycles. The molecule has 0 saturated carbocycles. The number of carbonyl (C=O) groups excluding carboxylic acids is 1. The van der Waals surface area contributed by atoms with Crippen LogP contribution in [0.2, 0.25) is 0 Å². The number of methoxy groups -OCH3 is 1. The molecule has 0 aliphatic carbocycles. The normalized spacial score (nSPS) is 10.2. The molecule has 1 aromatic heterocycles. The zero-order valence-electron chi connectivity index (χ0n) is 13.1. The van der Waals surface area contributed by atoms with Crippen LogP contribution in [0.1, 0.15) is 15.9 Å². The number of pyridine rings is 1. The van der Waals surface area contributed by atoms with E-state index in [9.17, 15) is 4.79 Å². The van der Waals surface area contributed by atoms with Crippen molar-refractivity contribution in [3.8, 4) is 11.5 Å². The Balaban J connectivity index is 2.11. The molecule has 0 fully saturated rings. The van der Waals surface area contributed by atoms with Crippen LogP contribution in [0, 0.1) is 0 Å². The summed E-state index contributed by atoms with van der Waals surface area (Å²) < 4.78 is 10.6. The summed E-state index contributed by atoms with van der Waals surface area (Å²) in [7, 11) is 3.19. The molecule has 2 rings (SSSR count). The number of aromatic nitrogens is 1. The van der Waals surface area contributed by atoms with Crippen molar-refractivity contribution >= 4 is 29.5 Å². The van der Waals surface area contributed by atoms with Gasteiger partial charge in [0, 0.05) is 19.4 Å². The van der Waals surface area contributed by atoms with Gasteiger partial charge in [-0.1, -0.05) is 0 Å². The van der Waals surface area contributed by atoms with Crippen LogP contribution in [0.5, 0.6) is 11.5 Å². The number of hydrazone groups is 1. The molecule has 24 heavy (non-hydrogen) atoms. The molecule has 0 unspecified atom stereocenters. The average molecular weight is 344 g/mol. The molecule has 1 heterocycles. The van der Waals surface area contributed by atoms with E-state index < -0.39 is 5.97 Å². The fourth-order valence-electron chi connectivity index (χ4n) is 1.71. The first-order valence-electron chi connectivity index (χ1n) is 6.95. The van der Waals surface area contributed by atoms with Crippen LogP contribution in [0.4, 0.5) is 0 Å². The van der Waals surface area contributed by atoms with Crippen LogP contribution < -0.4 is 20.2 Å². The van der Waals surface area contributed by atoms with E-state index in [0.717, 1.165) is 5.56 Å². The molecule has 8 heteroatoms. The summed E-state index contributed by atoms with van der Waals surface area (Å²) in [6, 6.07) is 8.35. The molecule has 0 atom stereocenters. The molecule has 0 aliphatic rings. The van der Waals surface area contributed by atoms with Gasteiger partial charge in [0.2, 0.25) is 0 Å². The molecule has 7 nitrogen and oxygen atoms in total. The molecular formula is C16H16N4O3S. The number of thiocarbonyl (C=S) groups is 1. The van der Waals surface area contributed by atoms with Crippen molar-refractivity contribution in [1.29, 1.82) is 0 Å². The minimum Gasteiger partial charge on any atom is -0.493 e. The largest absolute Gasteiger partial charge is 0.493 e. The van der Waals surface area contributed by atoms with E-state index in [1.807, 2.05) is 0 Å². The molecule has 1 aromatic carbocycles. The van der Waals surface area contributed by atoms with Crippen molar-refractivity contribution in [3.05, 3.63) is 53.9 Å². The lowest BCUT2D eigenvalue weighted by molar-refractivity contribution is 0.0729. The highest BCUT2D eigenvalue weighted by atomic mass is 32.1. The Labute approximate surface area is 144 Å². The number of ether oxygens (including phenoxy) is 2. The fourth-order valence-corrected chi connectivity index (χ4v) is 1.77. The standard InChI is InChI=1S/C16H16N4O3S/c1-17-16(24)20-19-9-11-5-6-13(14(8-11)22-2)23-15(21)12-4-3-7-18-10-12/h3-10H,1-2H3,(H2,17,20,24)/b19-9-. The Morgan fingerprint density at radius 3 is 2.83 bits per heavy atom. The second-order valence-electron chi connectivity index (χ2n) is 4.49. The van der Waals surface area contributed by atoms with E-state index in [1.165, 1.54) is 13.3 Å². The Morgan fingerprint density at radius 2 is 2.17 bits per heavy atom. The van der Waals surface area contributed by atoms with Gasteiger partial charge in [0.05, 0.1) is 18.9 Å². The van der Waals surface area contributed by atoms with Gasteiger partial charge >= 0.3 is 5.97 Å². The molecule has 0 amide bonds. The second-order valence-corrected chi connectivity index (χ2v) is 4.90. The van der Waals surface area contributed by atoms with Crippen LogP contribution in [0.3, 0.4) is 0 Å². The van der Waals surface area contributed by atoms with Gasteiger partial charge < -0.3 is 14.8 Å². The SMILES string of the molecule is CNC(=S)N/N=C\c1ccc(OC(=O)c2cccnc2)c(OC)c1. The first-order chi connectivity index (χ1) is 11.6. The first kappa shape index (κ1) is 17.4. The summed E-state index contributed by atoms with van der Waals surface area (Å²) >= 11 is 4.91. The van der Waals surface area contributed by atoms with Crippen LogP contribution in [-0.2, 0) is 0 Å². The van der Waals surface area contributed by atoms with Gasteiger partial charge in [-0.05, 0) is 48.1 Å². The number of esters is 1. The molecule has 2 N–H and O–H groups in total. The van der Waals surface area contributed by atoms with Gasteiger partial charge in [-0.2, -0.15) is 5.10 Å². The van der Waals surface area contributed by atoms with E-state index in [4.69, 9.17) is 21.7 Å². The third kappa shape index (κ3) is 4.75. The molecule has 0 aliphatic heterocycles. The van der Waals surface area contributed by atoms with Gasteiger partial charge in [-0.25, -0.2) is 4.79 Å². The molecule has 0 radical (unpaired) electrons. The van der Waals surface area contributed by atoms with Crippen LogP contribution in [-0.4, -0.2) is 36.4 Å². The van der Waals surface area contributed by atoms with E-state index in [2.05, 4.69) is 20.8 Å². The molecule has 124 valence electrons. The molecular weight excluding hydrogens is 328 g/mol. The number of nitrogens with zero attached hydrogens (tertiary/aromatic N) is 2. The Bertz CT molecular complexity index is 750. The van der Waals surface area contributed by atoms with E-state index in [1.54, 1.807) is 49.8 Å². The van der Waals surface area contributed by atoms with Crippen LogP contribution >= 0.6 is 12.2 Å². The van der Waals surface area contributed by atoms with Crippen molar-refractivity contribution in [2.24, 2.45) is 5.10 Å². The smallest absolute Gasteiger partial charge is 0.345 e. The van der Waals surface area contributed by atoms with Gasteiger partial charge in [0.25, 0.3) is 0 Å². The number of rotatable bonds is 5. The van der Waals surface area contributed by atoms with Gasteiger partial charge in [0.15, 0.2) is 16.6 Å². The summed E-state index contributed by atoms with van der Waals surface area (Å²) in [6.07, 6.45) is 4.59. The first-order valence-corrected chi connectivity index (χ1v) is 7.36. The molecule has 2 aromatic rings. The van der Waals surface area contributed by atoms with Crippen molar-refractivity contribution in [2.75, 3.05) is 14.2 Å². The van der Waals surface area contributed by atoms with Crippen LogP contribution in [0.25, 0.3) is 0 Å². The van der Waals surface area contributed by atoms with E-state index >= 15 is 0 Å².